The van der Waals surface area contributed by atoms with E-state index in [0.717, 1.165) is 18.2 Å². The highest BCUT2D eigenvalue weighted by atomic mass is 19.1. The molecule has 0 spiro atoms. The van der Waals surface area contributed by atoms with Crippen LogP contribution in [0.15, 0.2) is 24.4 Å². The zero-order chi connectivity index (χ0) is 19.5. The minimum atomic E-state index is -1.31. The van der Waals surface area contributed by atoms with Crippen LogP contribution in [0.1, 0.15) is 26.3 Å². The number of carbonyl (C=O) groups excluding carboxylic acids is 1. The molecule has 0 radical (unpaired) electrons. The molecule has 7 nitrogen and oxygen atoms in total. The van der Waals surface area contributed by atoms with Crippen molar-refractivity contribution in [3.8, 4) is 11.3 Å². The number of hydrogen-bond acceptors (Lipinski definition) is 4. The molecule has 2 aromatic rings. The Morgan fingerprint density at radius 3 is 2.42 bits per heavy atom. The van der Waals surface area contributed by atoms with Crippen molar-refractivity contribution in [2.45, 2.75) is 38.8 Å². The first-order valence-corrected chi connectivity index (χ1v) is 7.76. The first kappa shape index (κ1) is 19.4. The Morgan fingerprint density at radius 1 is 1.27 bits per heavy atom. The third-order valence-electron chi connectivity index (χ3n) is 3.28. The molecule has 2 rings (SSSR count). The van der Waals surface area contributed by atoms with Crippen molar-refractivity contribution in [2.75, 3.05) is 0 Å². The maximum absolute atomic E-state index is 13.4. The summed E-state index contributed by atoms with van der Waals surface area (Å²) in [5.41, 5.74) is 0.0306. The average Bonchev–Trinajstić information content (AvgIpc) is 2.91. The van der Waals surface area contributed by atoms with Gasteiger partial charge in [0.15, 0.2) is 0 Å². The Bertz CT molecular complexity index is 794. The zero-order valence-corrected chi connectivity index (χ0v) is 14.5. The van der Waals surface area contributed by atoms with Gasteiger partial charge in [-0.25, -0.2) is 18.4 Å². The fraction of sp³-hybridized carbons (Fsp3) is 0.353. The highest BCUT2D eigenvalue weighted by Gasteiger charge is 2.26. The Morgan fingerprint density at radius 2 is 1.88 bits per heavy atom. The fourth-order valence-electron chi connectivity index (χ4n) is 2.28. The number of ether oxygens (including phenoxy) is 1. The van der Waals surface area contributed by atoms with Crippen molar-refractivity contribution in [2.24, 2.45) is 0 Å². The van der Waals surface area contributed by atoms with Crippen LogP contribution in [0, 0.1) is 11.6 Å². The molecule has 0 aliphatic carbocycles. The van der Waals surface area contributed by atoms with Crippen LogP contribution in [0.2, 0.25) is 0 Å². The number of aromatic nitrogens is 2. The van der Waals surface area contributed by atoms with Gasteiger partial charge in [-0.05, 0) is 32.9 Å². The predicted molar refractivity (Wildman–Crippen MR) is 88.4 cm³/mol. The van der Waals surface area contributed by atoms with Crippen molar-refractivity contribution >= 4 is 12.1 Å². The Balaban J connectivity index is 2.22. The van der Waals surface area contributed by atoms with Crippen LogP contribution >= 0.6 is 0 Å². The van der Waals surface area contributed by atoms with E-state index in [2.05, 4.69) is 15.5 Å². The van der Waals surface area contributed by atoms with Gasteiger partial charge in [0.05, 0.1) is 11.9 Å². The predicted octanol–water partition coefficient (Wildman–Crippen LogP) is 2.88. The molecule has 9 heteroatoms. The van der Waals surface area contributed by atoms with E-state index in [4.69, 9.17) is 4.74 Å². The van der Waals surface area contributed by atoms with Crippen LogP contribution in [-0.4, -0.2) is 39.0 Å². The molecule has 0 saturated heterocycles. The van der Waals surface area contributed by atoms with Crippen molar-refractivity contribution in [3.05, 3.63) is 41.6 Å². The van der Waals surface area contributed by atoms with E-state index >= 15 is 0 Å². The number of amides is 1. The number of hydrogen-bond donors (Lipinski definition) is 3. The Labute approximate surface area is 148 Å². The second-order valence-corrected chi connectivity index (χ2v) is 6.67. The summed E-state index contributed by atoms with van der Waals surface area (Å²) in [6.07, 6.45) is 0.301. The summed E-state index contributed by atoms with van der Waals surface area (Å²) >= 11 is 0. The van der Waals surface area contributed by atoms with Gasteiger partial charge in [-0.3, -0.25) is 5.10 Å². The van der Waals surface area contributed by atoms with Gasteiger partial charge in [-0.1, -0.05) is 0 Å². The SMILES string of the molecule is CC(C)(C)OC(=O)NC(Cc1cn[nH]c1-c1cc(F)cc(F)c1)C(=O)O. The number of nitrogens with one attached hydrogen (secondary N) is 2. The maximum Gasteiger partial charge on any atom is 0.408 e. The lowest BCUT2D eigenvalue weighted by molar-refractivity contribution is -0.139. The molecule has 0 aliphatic heterocycles. The topological polar surface area (TPSA) is 104 Å². The quantitative estimate of drug-likeness (QED) is 0.754. The fourth-order valence-corrected chi connectivity index (χ4v) is 2.28. The lowest BCUT2D eigenvalue weighted by atomic mass is 10.0. The number of halogens is 2. The summed E-state index contributed by atoms with van der Waals surface area (Å²) in [5, 5.41) is 18.0. The number of carboxylic acids is 1. The van der Waals surface area contributed by atoms with Gasteiger partial charge in [-0.2, -0.15) is 5.10 Å². The summed E-state index contributed by atoms with van der Waals surface area (Å²) in [6, 6.07) is 1.61. The van der Waals surface area contributed by atoms with E-state index in [-0.39, 0.29) is 17.7 Å². The summed E-state index contributed by atoms with van der Waals surface area (Å²) in [7, 11) is 0. The van der Waals surface area contributed by atoms with Crippen LogP contribution in [0.5, 0.6) is 0 Å². The van der Waals surface area contributed by atoms with Gasteiger partial charge in [0.25, 0.3) is 0 Å². The van der Waals surface area contributed by atoms with Gasteiger partial charge in [0.2, 0.25) is 0 Å². The smallest absolute Gasteiger partial charge is 0.408 e. The van der Waals surface area contributed by atoms with E-state index in [0.29, 0.717) is 5.56 Å². The number of carbonyl (C=O) groups is 2. The summed E-state index contributed by atoms with van der Waals surface area (Å²) < 4.78 is 31.9. The molecular formula is C17H19F2N3O4. The van der Waals surface area contributed by atoms with Crippen LogP contribution in [0.4, 0.5) is 13.6 Å². The van der Waals surface area contributed by atoms with E-state index in [9.17, 15) is 23.5 Å². The molecule has 1 amide bonds. The number of rotatable bonds is 5. The normalized spacial score (nSPS) is 12.5. The number of aliphatic carboxylic acids is 1. The highest BCUT2D eigenvalue weighted by Crippen LogP contribution is 2.24. The molecule has 1 heterocycles. The summed E-state index contributed by atoms with van der Waals surface area (Å²) in [4.78, 5) is 23.3. The molecule has 0 aliphatic rings. The number of alkyl carbamates (subject to hydrolysis) is 1. The number of nitrogens with zero attached hydrogens (tertiary/aromatic N) is 1. The van der Waals surface area contributed by atoms with Crippen molar-refractivity contribution in [3.63, 3.8) is 0 Å². The first-order valence-electron chi connectivity index (χ1n) is 7.76. The van der Waals surface area contributed by atoms with E-state index in [1.807, 2.05) is 0 Å². The lowest BCUT2D eigenvalue weighted by Crippen LogP contribution is -2.44. The average molecular weight is 367 g/mol. The van der Waals surface area contributed by atoms with Gasteiger partial charge in [-0.15, -0.1) is 0 Å². The molecule has 140 valence electrons. The van der Waals surface area contributed by atoms with Gasteiger partial charge in [0, 0.05) is 23.6 Å². The molecule has 1 unspecified atom stereocenters. The number of H-pyrrole nitrogens is 1. The molecule has 0 bridgehead atoms. The second kappa shape index (κ2) is 7.51. The van der Waals surface area contributed by atoms with Gasteiger partial charge in [0.1, 0.15) is 23.3 Å². The highest BCUT2D eigenvalue weighted by molar-refractivity contribution is 5.80. The minimum absolute atomic E-state index is 0.154. The largest absolute Gasteiger partial charge is 0.480 e. The van der Waals surface area contributed by atoms with Crippen molar-refractivity contribution in [1.29, 1.82) is 0 Å². The maximum atomic E-state index is 13.4. The summed E-state index contributed by atoms with van der Waals surface area (Å²) in [5.74, 6) is -2.84. The van der Waals surface area contributed by atoms with Gasteiger partial charge < -0.3 is 15.2 Å². The van der Waals surface area contributed by atoms with Crippen LogP contribution in [0.3, 0.4) is 0 Å². The lowest BCUT2D eigenvalue weighted by Gasteiger charge is -2.22. The molecule has 1 aromatic carbocycles. The first-order chi connectivity index (χ1) is 12.0. The summed E-state index contributed by atoms with van der Waals surface area (Å²) in [6.45, 7) is 4.94. The molecule has 26 heavy (non-hydrogen) atoms. The molecule has 3 N–H and O–H groups in total. The molecular weight excluding hydrogens is 348 g/mol. The van der Waals surface area contributed by atoms with E-state index in [1.54, 1.807) is 20.8 Å². The molecule has 0 fully saturated rings. The van der Waals surface area contributed by atoms with E-state index in [1.165, 1.54) is 6.20 Å². The third kappa shape index (κ3) is 5.27. The third-order valence-corrected chi connectivity index (χ3v) is 3.28. The molecule has 0 saturated carbocycles. The van der Waals surface area contributed by atoms with Crippen molar-refractivity contribution in [1.82, 2.24) is 15.5 Å². The number of aromatic amines is 1. The number of benzene rings is 1. The Kier molecular flexibility index (Phi) is 5.59. The number of carboxylic acid groups (broad SMARTS) is 1. The molecule has 1 aromatic heterocycles. The van der Waals surface area contributed by atoms with Gasteiger partial charge >= 0.3 is 12.1 Å². The standard InChI is InChI=1S/C17H19F2N3O4/c1-17(2,3)26-16(25)21-13(15(23)24)6-10-8-20-22-14(10)9-4-11(18)7-12(19)5-9/h4-5,7-8,13H,6H2,1-3H3,(H,20,22)(H,21,25)(H,23,24). The van der Waals surface area contributed by atoms with Crippen LogP contribution in [-0.2, 0) is 16.0 Å². The van der Waals surface area contributed by atoms with Crippen molar-refractivity contribution < 1.29 is 28.2 Å². The van der Waals surface area contributed by atoms with Crippen LogP contribution in [0.25, 0.3) is 11.3 Å². The zero-order valence-electron chi connectivity index (χ0n) is 14.5. The Hall–Kier alpha value is -2.97. The second-order valence-electron chi connectivity index (χ2n) is 6.67. The monoisotopic (exact) mass is 367 g/mol. The minimum Gasteiger partial charge on any atom is -0.480 e. The molecule has 1 atom stereocenters. The van der Waals surface area contributed by atoms with E-state index < -0.39 is 35.3 Å². The van der Waals surface area contributed by atoms with Crippen LogP contribution < -0.4 is 5.32 Å².